The molecule has 2 aliphatic rings. The molecule has 2 atom stereocenters. The summed E-state index contributed by atoms with van der Waals surface area (Å²) in [7, 11) is 0. The van der Waals surface area contributed by atoms with E-state index in [1.807, 2.05) is 0 Å². The van der Waals surface area contributed by atoms with Crippen molar-refractivity contribution >= 4 is 11.9 Å². The van der Waals surface area contributed by atoms with Gasteiger partial charge in [0.25, 0.3) is 0 Å². The minimum absolute atomic E-state index is 0.331. The Labute approximate surface area is 44.9 Å². The van der Waals surface area contributed by atoms with Gasteiger partial charge in [-0.3, -0.25) is 0 Å². The first-order valence-corrected chi connectivity index (χ1v) is 2.24. The summed E-state index contributed by atoms with van der Waals surface area (Å²) in [5.41, 5.74) is 0.379. The first-order chi connectivity index (χ1) is 3.79. The van der Waals surface area contributed by atoms with Crippen LogP contribution in [0.1, 0.15) is 0 Å². The Kier molecular flexibility index (Phi) is 0.420. The number of hydrogen-bond donors (Lipinski definition) is 1. The highest BCUT2D eigenvalue weighted by Gasteiger charge is 2.58. The van der Waals surface area contributed by atoms with Crippen molar-refractivity contribution in [3.8, 4) is 0 Å². The summed E-state index contributed by atoms with van der Waals surface area (Å²) in [5.74, 6) is 0. The van der Waals surface area contributed by atoms with E-state index in [0.29, 0.717) is 5.71 Å². The second-order valence-electron chi connectivity index (χ2n) is 1.78. The monoisotopic (exact) mass is 113 g/mol. The van der Waals surface area contributed by atoms with Crippen molar-refractivity contribution in [2.45, 2.75) is 12.2 Å². The standard InChI is InChI=1S/C4H3NO3/c5-1-2-3(1)8-4(6)7-2/h2-3,5H. The highest BCUT2D eigenvalue weighted by atomic mass is 16.8. The zero-order valence-corrected chi connectivity index (χ0v) is 3.88. The largest absolute Gasteiger partial charge is 0.509 e. The molecule has 42 valence electrons. The molecule has 0 amide bonds. The minimum Gasteiger partial charge on any atom is -0.420 e. The maximum atomic E-state index is 10.1. The van der Waals surface area contributed by atoms with E-state index in [4.69, 9.17) is 5.41 Å². The first-order valence-electron chi connectivity index (χ1n) is 2.24. The highest BCUT2D eigenvalue weighted by molar-refractivity contribution is 6.10. The van der Waals surface area contributed by atoms with E-state index in [-0.39, 0.29) is 12.2 Å². The molecule has 1 heterocycles. The van der Waals surface area contributed by atoms with Crippen molar-refractivity contribution in [2.24, 2.45) is 0 Å². The molecule has 8 heavy (non-hydrogen) atoms. The van der Waals surface area contributed by atoms with Crippen molar-refractivity contribution in [1.29, 1.82) is 5.41 Å². The van der Waals surface area contributed by atoms with Gasteiger partial charge in [0.05, 0.1) is 5.71 Å². The van der Waals surface area contributed by atoms with Crippen molar-refractivity contribution in [3.63, 3.8) is 0 Å². The zero-order chi connectivity index (χ0) is 5.72. The third kappa shape index (κ3) is 0.267. The molecule has 0 aromatic heterocycles. The summed E-state index contributed by atoms with van der Waals surface area (Å²) in [4.78, 5) is 10.1. The van der Waals surface area contributed by atoms with Gasteiger partial charge in [0, 0.05) is 0 Å². The van der Waals surface area contributed by atoms with E-state index >= 15 is 0 Å². The molecule has 1 saturated carbocycles. The first kappa shape index (κ1) is 3.88. The van der Waals surface area contributed by atoms with Gasteiger partial charge in [0.1, 0.15) is 0 Å². The normalized spacial score (nSPS) is 40.5. The van der Waals surface area contributed by atoms with Crippen LogP contribution in [0.15, 0.2) is 0 Å². The second-order valence-corrected chi connectivity index (χ2v) is 1.78. The number of carbonyl (C=O) groups excluding carboxylic acids is 1. The minimum atomic E-state index is -0.643. The third-order valence-corrected chi connectivity index (χ3v) is 1.23. The molecular weight excluding hydrogens is 110 g/mol. The maximum absolute atomic E-state index is 10.1. The number of hydrogen-bond acceptors (Lipinski definition) is 4. The van der Waals surface area contributed by atoms with Gasteiger partial charge in [-0.1, -0.05) is 0 Å². The van der Waals surface area contributed by atoms with Gasteiger partial charge in [-0.05, 0) is 0 Å². The zero-order valence-electron chi connectivity index (χ0n) is 3.88. The topological polar surface area (TPSA) is 59.4 Å². The number of nitrogens with one attached hydrogen (secondary N) is 1. The predicted octanol–water partition coefficient (Wildman–Crippen LogP) is -0.0762. The van der Waals surface area contributed by atoms with E-state index in [0.717, 1.165) is 0 Å². The Morgan fingerprint density at radius 2 is 1.88 bits per heavy atom. The lowest BCUT2D eigenvalue weighted by molar-refractivity contribution is 0.117. The fourth-order valence-electron chi connectivity index (χ4n) is 0.702. The molecule has 0 spiro atoms. The molecule has 2 unspecified atom stereocenters. The SMILES string of the molecule is N=C1C2OC(=O)OC12. The van der Waals surface area contributed by atoms with E-state index in [9.17, 15) is 4.79 Å². The molecule has 1 aliphatic heterocycles. The molecule has 4 heteroatoms. The van der Waals surface area contributed by atoms with Gasteiger partial charge < -0.3 is 14.9 Å². The van der Waals surface area contributed by atoms with Crippen molar-refractivity contribution < 1.29 is 14.3 Å². The summed E-state index contributed by atoms with van der Waals surface area (Å²) in [5, 5.41) is 6.91. The Bertz CT molecular complexity index is 158. The molecule has 2 rings (SSSR count). The third-order valence-electron chi connectivity index (χ3n) is 1.23. The quantitative estimate of drug-likeness (QED) is 0.447. The van der Waals surface area contributed by atoms with Crippen molar-refractivity contribution in [3.05, 3.63) is 0 Å². The summed E-state index contributed by atoms with van der Waals surface area (Å²) >= 11 is 0. The van der Waals surface area contributed by atoms with Crippen LogP contribution in [0.4, 0.5) is 4.79 Å². The van der Waals surface area contributed by atoms with Crippen LogP contribution in [0, 0.1) is 5.41 Å². The second kappa shape index (κ2) is 0.866. The molecule has 2 fully saturated rings. The van der Waals surface area contributed by atoms with Crippen LogP contribution in [-0.2, 0) is 9.47 Å². The van der Waals surface area contributed by atoms with Gasteiger partial charge in [0.2, 0.25) is 0 Å². The summed E-state index contributed by atoms with van der Waals surface area (Å²) < 4.78 is 8.92. The lowest BCUT2D eigenvalue weighted by atomic mass is 10.8. The number of ether oxygens (including phenoxy) is 2. The Hall–Kier alpha value is -1.06. The Morgan fingerprint density at radius 1 is 1.38 bits per heavy atom. The van der Waals surface area contributed by atoms with Gasteiger partial charge in [0.15, 0.2) is 12.2 Å². The van der Waals surface area contributed by atoms with E-state index in [1.165, 1.54) is 0 Å². The average molecular weight is 113 g/mol. The lowest BCUT2D eigenvalue weighted by Crippen LogP contribution is -2.03. The molecular formula is C4H3NO3. The molecule has 1 aliphatic carbocycles. The molecule has 0 aromatic rings. The predicted molar refractivity (Wildman–Crippen MR) is 22.9 cm³/mol. The Morgan fingerprint density at radius 3 is 2.25 bits per heavy atom. The van der Waals surface area contributed by atoms with Crippen LogP contribution >= 0.6 is 0 Å². The van der Waals surface area contributed by atoms with Crippen LogP contribution in [0.25, 0.3) is 0 Å². The van der Waals surface area contributed by atoms with Crippen LogP contribution in [0.3, 0.4) is 0 Å². The molecule has 0 radical (unpaired) electrons. The molecule has 4 nitrogen and oxygen atoms in total. The van der Waals surface area contributed by atoms with Gasteiger partial charge >= 0.3 is 6.16 Å². The number of fused-ring (bicyclic) bond motifs is 1. The highest BCUT2D eigenvalue weighted by Crippen LogP contribution is 2.31. The van der Waals surface area contributed by atoms with Crippen molar-refractivity contribution in [2.75, 3.05) is 0 Å². The van der Waals surface area contributed by atoms with Crippen LogP contribution in [0.2, 0.25) is 0 Å². The molecule has 1 N–H and O–H groups in total. The van der Waals surface area contributed by atoms with Crippen LogP contribution in [0.5, 0.6) is 0 Å². The van der Waals surface area contributed by atoms with E-state index in [1.54, 1.807) is 0 Å². The van der Waals surface area contributed by atoms with Gasteiger partial charge in [-0.2, -0.15) is 0 Å². The molecule has 0 aromatic carbocycles. The number of carbonyl (C=O) groups is 1. The van der Waals surface area contributed by atoms with Gasteiger partial charge in [-0.25, -0.2) is 4.79 Å². The van der Waals surface area contributed by atoms with Gasteiger partial charge in [-0.15, -0.1) is 0 Å². The Balaban J connectivity index is 2.19. The summed E-state index contributed by atoms with van der Waals surface area (Å²) in [6.07, 6.45) is -1.30. The van der Waals surface area contributed by atoms with Crippen LogP contribution in [-0.4, -0.2) is 24.1 Å². The lowest BCUT2D eigenvalue weighted by Gasteiger charge is -1.89. The molecule has 0 bridgehead atoms. The summed E-state index contributed by atoms with van der Waals surface area (Å²) in [6, 6.07) is 0. The van der Waals surface area contributed by atoms with Crippen LogP contribution < -0.4 is 0 Å². The molecule has 1 saturated heterocycles. The maximum Gasteiger partial charge on any atom is 0.509 e. The fourth-order valence-corrected chi connectivity index (χ4v) is 0.702. The fraction of sp³-hybridized carbons (Fsp3) is 0.500. The smallest absolute Gasteiger partial charge is 0.420 e. The van der Waals surface area contributed by atoms with Crippen molar-refractivity contribution in [1.82, 2.24) is 0 Å². The van der Waals surface area contributed by atoms with E-state index in [2.05, 4.69) is 9.47 Å². The summed E-state index contributed by atoms with van der Waals surface area (Å²) in [6.45, 7) is 0. The van der Waals surface area contributed by atoms with E-state index < -0.39 is 6.16 Å². The average Bonchev–Trinajstić information content (AvgIpc) is 2.29. The number of rotatable bonds is 0.